The average molecular weight is 306 g/mol. The van der Waals surface area contributed by atoms with Gasteiger partial charge < -0.3 is 10.6 Å². The molecule has 3 nitrogen and oxygen atoms in total. The molecule has 1 amide bonds. The van der Waals surface area contributed by atoms with Crippen molar-refractivity contribution in [2.24, 2.45) is 0 Å². The van der Waals surface area contributed by atoms with E-state index in [1.807, 2.05) is 0 Å². The molecule has 1 aromatic rings. The molecule has 1 fully saturated rings. The van der Waals surface area contributed by atoms with Gasteiger partial charge in [0.1, 0.15) is 0 Å². The number of carbonyl (C=O) groups excluding carboxylic acids is 1. The Bertz CT molecular complexity index is 707. The van der Waals surface area contributed by atoms with E-state index in [0.717, 1.165) is 48.1 Å². The van der Waals surface area contributed by atoms with Gasteiger partial charge in [-0.05, 0) is 36.1 Å². The van der Waals surface area contributed by atoms with Crippen LogP contribution in [-0.2, 0) is 11.3 Å². The second kappa shape index (κ2) is 6.21. The van der Waals surface area contributed by atoms with Crippen molar-refractivity contribution in [1.29, 1.82) is 0 Å². The van der Waals surface area contributed by atoms with Gasteiger partial charge in [0.2, 0.25) is 12.6 Å². The Labute approximate surface area is 138 Å². The van der Waals surface area contributed by atoms with Crippen LogP contribution in [0.4, 0.5) is 0 Å². The second-order valence-electron chi connectivity index (χ2n) is 6.39. The van der Waals surface area contributed by atoms with E-state index >= 15 is 0 Å². The molecule has 0 bridgehead atoms. The minimum absolute atomic E-state index is 0.000812. The summed E-state index contributed by atoms with van der Waals surface area (Å²) in [6.45, 7) is 16.3. The lowest BCUT2D eigenvalue weighted by atomic mass is 9.34. The summed E-state index contributed by atoms with van der Waals surface area (Å²) in [6.07, 6.45) is 1.64. The number of piperidine rings is 1. The zero-order chi connectivity index (χ0) is 16.6. The first-order valence-corrected chi connectivity index (χ1v) is 8.24. The van der Waals surface area contributed by atoms with E-state index in [0.29, 0.717) is 0 Å². The summed E-state index contributed by atoms with van der Waals surface area (Å²) in [5.74, 6) is -0.0468. The fourth-order valence-corrected chi connectivity index (χ4v) is 3.78. The monoisotopic (exact) mass is 306 g/mol. The van der Waals surface area contributed by atoms with Crippen molar-refractivity contribution >= 4 is 23.6 Å². The van der Waals surface area contributed by atoms with Gasteiger partial charge in [0.15, 0.2) is 0 Å². The van der Waals surface area contributed by atoms with Crippen LogP contribution in [0.3, 0.4) is 0 Å². The first kappa shape index (κ1) is 15.8. The zero-order valence-electron chi connectivity index (χ0n) is 13.7. The number of nitrogens with one attached hydrogen (secondary N) is 2. The highest BCUT2D eigenvalue weighted by Crippen LogP contribution is 2.46. The van der Waals surface area contributed by atoms with Crippen molar-refractivity contribution in [3.63, 3.8) is 0 Å². The van der Waals surface area contributed by atoms with Crippen LogP contribution in [0.1, 0.15) is 36.5 Å². The predicted molar refractivity (Wildman–Crippen MR) is 97.9 cm³/mol. The van der Waals surface area contributed by atoms with Crippen molar-refractivity contribution in [3.8, 4) is 0 Å². The highest BCUT2D eigenvalue weighted by atomic mass is 16.1. The van der Waals surface area contributed by atoms with Crippen LogP contribution in [0.15, 0.2) is 43.6 Å². The van der Waals surface area contributed by atoms with Gasteiger partial charge in [-0.25, -0.2) is 0 Å². The molecule has 23 heavy (non-hydrogen) atoms. The molecule has 1 saturated heterocycles. The molecule has 3 rings (SSSR count). The maximum atomic E-state index is 12.4. The molecular formula is C19H23BN2O. The molecule has 118 valence electrons. The van der Waals surface area contributed by atoms with Gasteiger partial charge >= 0.3 is 0 Å². The number of carbonyl (C=O) groups is 1. The molecular weight excluding hydrogens is 283 g/mol. The maximum Gasteiger partial charge on any atom is 0.222 e. The molecule has 0 aromatic heterocycles. The third-order valence-corrected chi connectivity index (χ3v) is 4.93. The van der Waals surface area contributed by atoms with Crippen LogP contribution >= 0.6 is 0 Å². The van der Waals surface area contributed by atoms with Crippen LogP contribution in [0.5, 0.6) is 0 Å². The molecule has 1 atom stereocenters. The third kappa shape index (κ3) is 2.68. The summed E-state index contributed by atoms with van der Waals surface area (Å²) in [6, 6.07) is 6.29. The standard InChI is InChI=1S/C19H23BN2O/c1-5-21-11-15-7-6-8-16-13(3)20(14(4)18(15)16)17-10-9-12(2)22-19(17)23/h6-8,17,21H,2-5,9-11H2,1H3,(H,22,23). The quantitative estimate of drug-likeness (QED) is 0.839. The lowest BCUT2D eigenvalue weighted by Gasteiger charge is -2.27. The van der Waals surface area contributed by atoms with E-state index in [2.05, 4.69) is 55.5 Å². The van der Waals surface area contributed by atoms with Crippen molar-refractivity contribution in [2.45, 2.75) is 32.1 Å². The highest BCUT2D eigenvalue weighted by Gasteiger charge is 2.43. The molecule has 0 saturated carbocycles. The summed E-state index contributed by atoms with van der Waals surface area (Å²) in [4.78, 5) is 12.4. The number of benzene rings is 1. The molecule has 0 spiro atoms. The molecule has 2 aliphatic heterocycles. The summed E-state index contributed by atoms with van der Waals surface area (Å²) >= 11 is 0. The van der Waals surface area contributed by atoms with Crippen LogP contribution in [0.25, 0.3) is 10.9 Å². The summed E-state index contributed by atoms with van der Waals surface area (Å²) in [5.41, 5.74) is 6.43. The lowest BCUT2D eigenvalue weighted by molar-refractivity contribution is -0.121. The first-order valence-electron chi connectivity index (χ1n) is 8.24. The second-order valence-corrected chi connectivity index (χ2v) is 6.39. The Kier molecular flexibility index (Phi) is 4.27. The molecule has 2 N–H and O–H groups in total. The van der Waals surface area contributed by atoms with Gasteiger partial charge in [0.25, 0.3) is 0 Å². The van der Waals surface area contributed by atoms with E-state index in [4.69, 9.17) is 0 Å². The summed E-state index contributed by atoms with van der Waals surface area (Å²) in [5, 5.41) is 6.27. The summed E-state index contributed by atoms with van der Waals surface area (Å²) in [7, 11) is 0. The molecule has 2 aliphatic rings. The first-order chi connectivity index (χ1) is 11.0. The number of hydrogen-bond acceptors (Lipinski definition) is 2. The number of rotatable bonds is 4. The Hall–Kier alpha value is -2.07. The minimum atomic E-state index is -0.0973. The topological polar surface area (TPSA) is 41.1 Å². The van der Waals surface area contributed by atoms with Gasteiger partial charge in [-0.3, -0.25) is 4.79 Å². The van der Waals surface area contributed by atoms with Crippen LogP contribution in [0, 0.1) is 0 Å². The van der Waals surface area contributed by atoms with Crippen molar-refractivity contribution in [2.75, 3.05) is 6.54 Å². The predicted octanol–water partition coefficient (Wildman–Crippen LogP) is 3.20. The zero-order valence-corrected chi connectivity index (χ0v) is 13.7. The molecule has 0 radical (unpaired) electrons. The van der Waals surface area contributed by atoms with Gasteiger partial charge in [-0.15, -0.1) is 13.2 Å². The van der Waals surface area contributed by atoms with Gasteiger partial charge in [-0.1, -0.05) is 42.6 Å². The van der Waals surface area contributed by atoms with E-state index in [-0.39, 0.29) is 18.4 Å². The number of amides is 1. The molecule has 0 aliphatic carbocycles. The fourth-order valence-electron chi connectivity index (χ4n) is 3.78. The van der Waals surface area contributed by atoms with Crippen molar-refractivity contribution < 1.29 is 4.79 Å². The summed E-state index contributed by atoms with van der Waals surface area (Å²) < 4.78 is 0. The smallest absolute Gasteiger partial charge is 0.222 e. The molecule has 1 aromatic carbocycles. The van der Waals surface area contributed by atoms with E-state index < -0.39 is 0 Å². The van der Waals surface area contributed by atoms with Crippen LogP contribution in [0.2, 0.25) is 5.82 Å². The van der Waals surface area contributed by atoms with Crippen LogP contribution < -0.4 is 10.6 Å². The fraction of sp³-hybridized carbons (Fsp3) is 0.316. The number of fused-ring (bicyclic) bond motifs is 1. The Balaban J connectivity index is 1.94. The lowest BCUT2D eigenvalue weighted by Crippen LogP contribution is -2.39. The van der Waals surface area contributed by atoms with E-state index in [1.54, 1.807) is 0 Å². The van der Waals surface area contributed by atoms with E-state index in [1.165, 1.54) is 11.1 Å². The molecule has 1 unspecified atom stereocenters. The normalized spacial score (nSPS) is 20.7. The Morgan fingerprint density at radius 1 is 1.30 bits per heavy atom. The Morgan fingerprint density at radius 2 is 2.09 bits per heavy atom. The average Bonchev–Trinajstić information content (AvgIpc) is 2.78. The Morgan fingerprint density at radius 3 is 2.78 bits per heavy atom. The maximum absolute atomic E-state index is 12.4. The van der Waals surface area contributed by atoms with Gasteiger partial charge in [0, 0.05) is 18.1 Å². The van der Waals surface area contributed by atoms with Crippen molar-refractivity contribution in [1.82, 2.24) is 10.6 Å². The van der Waals surface area contributed by atoms with Gasteiger partial charge in [-0.2, -0.15) is 0 Å². The van der Waals surface area contributed by atoms with E-state index in [9.17, 15) is 4.79 Å². The van der Waals surface area contributed by atoms with Crippen LogP contribution in [-0.4, -0.2) is 19.2 Å². The highest BCUT2D eigenvalue weighted by molar-refractivity contribution is 6.99. The van der Waals surface area contributed by atoms with Gasteiger partial charge in [0.05, 0.1) is 0 Å². The minimum Gasteiger partial charge on any atom is -0.331 e. The SMILES string of the molecule is C=C1CCC(B2C(=C)c3cccc(CNCC)c3C2=C)C(=O)N1. The number of allylic oxidation sites excluding steroid dienone is 1. The number of hydrogen-bond donors (Lipinski definition) is 2. The molecule has 4 heteroatoms. The third-order valence-electron chi connectivity index (χ3n) is 4.93. The largest absolute Gasteiger partial charge is 0.331 e. The molecule has 2 heterocycles. The van der Waals surface area contributed by atoms with Crippen molar-refractivity contribution in [3.05, 3.63) is 60.3 Å².